The van der Waals surface area contributed by atoms with Crippen LogP contribution in [0.25, 0.3) is 5.57 Å². The fourth-order valence-electron chi connectivity index (χ4n) is 3.17. The van der Waals surface area contributed by atoms with Crippen LogP contribution in [-0.2, 0) is 0 Å². The molecular formula is C17H16FN3. The third-order valence-electron chi connectivity index (χ3n) is 4.28. The van der Waals surface area contributed by atoms with E-state index in [4.69, 9.17) is 0 Å². The molecule has 0 bridgehead atoms. The van der Waals surface area contributed by atoms with E-state index in [1.807, 2.05) is 30.2 Å². The number of halogens is 1. The number of pyridine rings is 1. The van der Waals surface area contributed by atoms with Crippen molar-refractivity contribution in [2.24, 2.45) is 10.9 Å². The number of fused-ring (bicyclic) bond motifs is 1. The molecule has 0 radical (unpaired) electrons. The van der Waals surface area contributed by atoms with Crippen LogP contribution >= 0.6 is 0 Å². The van der Waals surface area contributed by atoms with Crippen LogP contribution in [0.4, 0.5) is 4.39 Å². The van der Waals surface area contributed by atoms with E-state index < -0.39 is 0 Å². The highest BCUT2D eigenvalue weighted by Gasteiger charge is 2.35. The summed E-state index contributed by atoms with van der Waals surface area (Å²) in [5.74, 6) is 0.487. The van der Waals surface area contributed by atoms with Gasteiger partial charge in [-0.25, -0.2) is 9.38 Å². The molecule has 106 valence electrons. The minimum absolute atomic E-state index is 0.106. The van der Waals surface area contributed by atoms with Gasteiger partial charge in [-0.1, -0.05) is 0 Å². The molecule has 0 unspecified atom stereocenters. The van der Waals surface area contributed by atoms with Gasteiger partial charge in [0.15, 0.2) is 0 Å². The fraction of sp³-hybridized carbons (Fsp3) is 0.294. The average Bonchev–Trinajstić information content (AvgIpc) is 3.32. The lowest BCUT2D eigenvalue weighted by molar-refractivity contribution is 0.474. The van der Waals surface area contributed by atoms with E-state index in [0.29, 0.717) is 11.5 Å². The van der Waals surface area contributed by atoms with Crippen LogP contribution in [0.15, 0.2) is 58.4 Å². The second-order valence-electron chi connectivity index (χ2n) is 5.74. The van der Waals surface area contributed by atoms with Gasteiger partial charge in [0.25, 0.3) is 0 Å². The second-order valence-corrected chi connectivity index (χ2v) is 5.74. The molecule has 0 N–H and O–H groups in total. The Morgan fingerprint density at radius 1 is 1.24 bits per heavy atom. The second kappa shape index (κ2) is 4.65. The Kier molecular flexibility index (Phi) is 2.77. The van der Waals surface area contributed by atoms with Crippen LogP contribution in [0.3, 0.4) is 0 Å². The molecular weight excluding hydrogens is 265 g/mol. The van der Waals surface area contributed by atoms with Crippen molar-refractivity contribution < 1.29 is 4.39 Å². The third kappa shape index (κ3) is 2.02. The Bertz CT molecular complexity index is 709. The lowest BCUT2D eigenvalue weighted by Gasteiger charge is -2.33. The van der Waals surface area contributed by atoms with E-state index in [9.17, 15) is 4.39 Å². The van der Waals surface area contributed by atoms with Crippen molar-refractivity contribution in [2.75, 3.05) is 6.54 Å². The molecule has 1 aromatic rings. The maximum atomic E-state index is 14.6. The van der Waals surface area contributed by atoms with Crippen LogP contribution in [0.5, 0.6) is 0 Å². The number of nitrogens with zero attached hydrogens (tertiary/aromatic N) is 3. The summed E-state index contributed by atoms with van der Waals surface area (Å²) >= 11 is 0. The van der Waals surface area contributed by atoms with Gasteiger partial charge in [0.1, 0.15) is 5.83 Å². The SMILES string of the molecule is CC1=C2C(C3CC3)=CN=CN2CC(F)=C1c1ccncc1. The molecule has 0 aromatic carbocycles. The van der Waals surface area contributed by atoms with Gasteiger partial charge in [-0.2, -0.15) is 0 Å². The molecule has 1 aromatic heterocycles. The van der Waals surface area contributed by atoms with Crippen molar-refractivity contribution in [1.29, 1.82) is 0 Å². The molecule has 0 spiro atoms. The summed E-state index contributed by atoms with van der Waals surface area (Å²) in [7, 11) is 0. The Morgan fingerprint density at radius 2 is 2.00 bits per heavy atom. The van der Waals surface area contributed by atoms with Gasteiger partial charge in [0.05, 0.1) is 18.6 Å². The Balaban J connectivity index is 1.86. The van der Waals surface area contributed by atoms with Crippen LogP contribution < -0.4 is 0 Å². The van der Waals surface area contributed by atoms with Gasteiger partial charge < -0.3 is 4.90 Å². The number of hydrogen-bond acceptors (Lipinski definition) is 3. The molecule has 3 nitrogen and oxygen atoms in total. The highest BCUT2D eigenvalue weighted by atomic mass is 19.1. The largest absolute Gasteiger partial charge is 0.325 e. The first kappa shape index (κ1) is 12.5. The molecule has 0 atom stereocenters. The van der Waals surface area contributed by atoms with E-state index in [2.05, 4.69) is 9.98 Å². The first-order valence-corrected chi connectivity index (χ1v) is 7.26. The lowest BCUT2D eigenvalue weighted by atomic mass is 9.90. The summed E-state index contributed by atoms with van der Waals surface area (Å²) in [6, 6.07) is 3.73. The summed E-state index contributed by atoms with van der Waals surface area (Å²) in [5, 5.41) is 0. The van der Waals surface area contributed by atoms with Gasteiger partial charge in [-0.05, 0) is 54.5 Å². The minimum Gasteiger partial charge on any atom is -0.325 e. The number of aromatic nitrogens is 1. The topological polar surface area (TPSA) is 28.5 Å². The molecule has 3 heterocycles. The van der Waals surface area contributed by atoms with E-state index >= 15 is 0 Å². The fourth-order valence-corrected chi connectivity index (χ4v) is 3.17. The Labute approximate surface area is 123 Å². The molecule has 4 heteroatoms. The zero-order chi connectivity index (χ0) is 14.4. The highest BCUT2D eigenvalue weighted by molar-refractivity contribution is 5.85. The average molecular weight is 281 g/mol. The molecule has 4 rings (SSSR count). The van der Waals surface area contributed by atoms with Crippen molar-refractivity contribution in [1.82, 2.24) is 9.88 Å². The molecule has 0 saturated heterocycles. The van der Waals surface area contributed by atoms with Crippen molar-refractivity contribution in [3.8, 4) is 0 Å². The van der Waals surface area contributed by atoms with Gasteiger partial charge in [-0.15, -0.1) is 0 Å². The van der Waals surface area contributed by atoms with Gasteiger partial charge >= 0.3 is 0 Å². The number of hydrogen-bond donors (Lipinski definition) is 0. The first-order chi connectivity index (χ1) is 10.3. The maximum absolute atomic E-state index is 14.6. The predicted octanol–water partition coefficient (Wildman–Crippen LogP) is 3.69. The van der Waals surface area contributed by atoms with E-state index in [1.165, 1.54) is 18.4 Å². The van der Waals surface area contributed by atoms with Gasteiger partial charge in [0.2, 0.25) is 0 Å². The van der Waals surface area contributed by atoms with Crippen molar-refractivity contribution >= 4 is 11.9 Å². The monoisotopic (exact) mass is 281 g/mol. The zero-order valence-corrected chi connectivity index (χ0v) is 11.9. The standard InChI is InChI=1S/C17H16FN3/c1-11-16(13-4-6-19-7-5-13)15(18)9-21-10-20-8-14(17(11)21)12-2-3-12/h4-8,10,12H,2-3,9H2,1H3. The number of allylic oxidation sites excluding steroid dienone is 3. The van der Waals surface area contributed by atoms with Crippen LogP contribution in [0, 0.1) is 5.92 Å². The minimum atomic E-state index is -0.106. The van der Waals surface area contributed by atoms with Crippen LogP contribution in [0.2, 0.25) is 0 Å². The third-order valence-corrected chi connectivity index (χ3v) is 4.28. The predicted molar refractivity (Wildman–Crippen MR) is 81.0 cm³/mol. The number of aliphatic imine (C=N–C) groups is 1. The Morgan fingerprint density at radius 3 is 2.71 bits per heavy atom. The normalized spacial score (nSPS) is 21.6. The van der Waals surface area contributed by atoms with Crippen molar-refractivity contribution in [2.45, 2.75) is 19.8 Å². The smallest absolute Gasteiger partial charge is 0.128 e. The highest BCUT2D eigenvalue weighted by Crippen LogP contribution is 2.46. The van der Waals surface area contributed by atoms with Crippen LogP contribution in [-0.4, -0.2) is 22.8 Å². The summed E-state index contributed by atoms with van der Waals surface area (Å²) in [6.45, 7) is 2.27. The van der Waals surface area contributed by atoms with Crippen molar-refractivity contribution in [3.05, 3.63) is 59.0 Å². The molecule has 1 fully saturated rings. The molecule has 1 saturated carbocycles. The lowest BCUT2D eigenvalue weighted by Crippen LogP contribution is -2.31. The molecule has 3 aliphatic rings. The summed E-state index contributed by atoms with van der Waals surface area (Å²) in [5.41, 5.74) is 5.00. The summed E-state index contributed by atoms with van der Waals surface area (Å²) in [6.07, 6.45) is 9.51. The van der Waals surface area contributed by atoms with Gasteiger partial charge in [-0.3, -0.25) is 4.98 Å². The quantitative estimate of drug-likeness (QED) is 0.827. The van der Waals surface area contributed by atoms with E-state index in [0.717, 1.165) is 16.8 Å². The van der Waals surface area contributed by atoms with Crippen LogP contribution in [0.1, 0.15) is 25.3 Å². The van der Waals surface area contributed by atoms with Gasteiger partial charge in [0, 0.05) is 24.2 Å². The summed E-state index contributed by atoms with van der Waals surface area (Å²) in [4.78, 5) is 10.2. The molecule has 0 amide bonds. The van der Waals surface area contributed by atoms with E-state index in [1.54, 1.807) is 18.7 Å². The maximum Gasteiger partial charge on any atom is 0.128 e. The zero-order valence-electron chi connectivity index (χ0n) is 11.9. The first-order valence-electron chi connectivity index (χ1n) is 7.26. The molecule has 1 aliphatic carbocycles. The number of rotatable bonds is 2. The molecule has 2 aliphatic heterocycles. The molecule has 21 heavy (non-hydrogen) atoms. The van der Waals surface area contributed by atoms with E-state index in [-0.39, 0.29) is 12.4 Å². The van der Waals surface area contributed by atoms with Crippen molar-refractivity contribution in [3.63, 3.8) is 0 Å². The Hall–Kier alpha value is -2.23. The summed E-state index contributed by atoms with van der Waals surface area (Å²) < 4.78 is 14.6.